The van der Waals surface area contributed by atoms with E-state index in [1.165, 1.54) is 18.2 Å². The normalized spacial score (nSPS) is 18.4. The molecule has 1 saturated heterocycles. The Morgan fingerprint density at radius 3 is 2.85 bits per heavy atom. The Hall–Kier alpha value is -1.88. The summed E-state index contributed by atoms with van der Waals surface area (Å²) in [6.45, 7) is 5.91. The molecule has 1 aromatic carbocycles. The Morgan fingerprint density at radius 1 is 1.45 bits per heavy atom. The SMILES string of the molecule is CC1(C)COCCN1c1cc(F)cc(/C=C/C(=O)O)c1. The molecule has 0 bridgehead atoms. The molecule has 4 nitrogen and oxygen atoms in total. The molecule has 1 heterocycles. The third kappa shape index (κ3) is 3.36. The Labute approximate surface area is 117 Å². The second-order valence-electron chi connectivity index (χ2n) is 5.43. The van der Waals surface area contributed by atoms with Crippen LogP contribution in [0.4, 0.5) is 10.1 Å². The molecule has 0 atom stereocenters. The zero-order valence-electron chi connectivity index (χ0n) is 11.6. The first kappa shape index (κ1) is 14.5. The van der Waals surface area contributed by atoms with Gasteiger partial charge in [-0.1, -0.05) is 0 Å². The molecule has 2 rings (SSSR count). The van der Waals surface area contributed by atoms with E-state index in [4.69, 9.17) is 9.84 Å². The molecule has 0 aromatic heterocycles. The van der Waals surface area contributed by atoms with Gasteiger partial charge in [0.1, 0.15) is 5.82 Å². The number of nitrogens with zero attached hydrogens (tertiary/aromatic N) is 1. The highest BCUT2D eigenvalue weighted by Crippen LogP contribution is 2.28. The van der Waals surface area contributed by atoms with Crippen molar-refractivity contribution >= 4 is 17.7 Å². The van der Waals surface area contributed by atoms with Crippen molar-refractivity contribution in [1.29, 1.82) is 0 Å². The second kappa shape index (κ2) is 5.63. The standard InChI is InChI=1S/C15H18FNO3/c1-15(2)10-20-6-5-17(15)13-8-11(3-4-14(18)19)7-12(16)9-13/h3-4,7-9H,5-6,10H2,1-2H3,(H,18,19)/b4-3+. The molecule has 1 aliphatic rings. The molecule has 1 aromatic rings. The number of carbonyl (C=O) groups is 1. The van der Waals surface area contributed by atoms with Crippen LogP contribution in [0.5, 0.6) is 0 Å². The summed E-state index contributed by atoms with van der Waals surface area (Å²) in [5.74, 6) is -1.43. The first-order chi connectivity index (χ1) is 9.38. The van der Waals surface area contributed by atoms with Crippen LogP contribution in [0.25, 0.3) is 6.08 Å². The lowest BCUT2D eigenvalue weighted by Gasteiger charge is -2.44. The zero-order valence-corrected chi connectivity index (χ0v) is 11.6. The molecule has 5 heteroatoms. The van der Waals surface area contributed by atoms with Gasteiger partial charge in [-0.2, -0.15) is 0 Å². The summed E-state index contributed by atoms with van der Waals surface area (Å²) in [4.78, 5) is 12.6. The van der Waals surface area contributed by atoms with Gasteiger partial charge in [0.05, 0.1) is 18.8 Å². The minimum atomic E-state index is -1.05. The zero-order chi connectivity index (χ0) is 14.8. The highest BCUT2D eigenvalue weighted by atomic mass is 19.1. The van der Waals surface area contributed by atoms with E-state index in [-0.39, 0.29) is 11.4 Å². The molecule has 0 unspecified atom stereocenters. The Kier molecular flexibility index (Phi) is 4.09. The van der Waals surface area contributed by atoms with Crippen LogP contribution in [0.15, 0.2) is 24.3 Å². The van der Waals surface area contributed by atoms with Gasteiger partial charge in [-0.3, -0.25) is 0 Å². The van der Waals surface area contributed by atoms with Crippen LogP contribution in [0.2, 0.25) is 0 Å². The van der Waals surface area contributed by atoms with E-state index in [9.17, 15) is 9.18 Å². The number of rotatable bonds is 3. The summed E-state index contributed by atoms with van der Waals surface area (Å²) >= 11 is 0. The number of aliphatic carboxylic acids is 1. The number of halogens is 1. The summed E-state index contributed by atoms with van der Waals surface area (Å²) in [5.41, 5.74) is 1.05. The predicted molar refractivity (Wildman–Crippen MR) is 75.3 cm³/mol. The largest absolute Gasteiger partial charge is 0.478 e. The van der Waals surface area contributed by atoms with Gasteiger partial charge in [0.15, 0.2) is 0 Å². The Balaban J connectivity index is 2.34. The summed E-state index contributed by atoms with van der Waals surface area (Å²) in [5, 5.41) is 8.64. The molecule has 0 aliphatic carbocycles. The van der Waals surface area contributed by atoms with Crippen LogP contribution in [0, 0.1) is 5.82 Å². The number of carboxylic acid groups (broad SMARTS) is 1. The molecule has 1 fully saturated rings. The summed E-state index contributed by atoms with van der Waals surface area (Å²) < 4.78 is 19.2. The fourth-order valence-electron chi connectivity index (χ4n) is 2.35. The average Bonchev–Trinajstić information content (AvgIpc) is 2.35. The number of anilines is 1. The molecule has 0 spiro atoms. The fourth-order valence-corrected chi connectivity index (χ4v) is 2.35. The van der Waals surface area contributed by atoms with E-state index in [0.717, 1.165) is 11.8 Å². The van der Waals surface area contributed by atoms with Crippen LogP contribution in [0.3, 0.4) is 0 Å². The number of ether oxygens (including phenoxy) is 1. The third-order valence-electron chi connectivity index (χ3n) is 3.28. The maximum Gasteiger partial charge on any atom is 0.328 e. The monoisotopic (exact) mass is 279 g/mol. The van der Waals surface area contributed by atoms with Crippen molar-refractivity contribution in [1.82, 2.24) is 0 Å². The van der Waals surface area contributed by atoms with Crippen molar-refractivity contribution in [3.63, 3.8) is 0 Å². The second-order valence-corrected chi connectivity index (χ2v) is 5.43. The van der Waals surface area contributed by atoms with Crippen LogP contribution >= 0.6 is 0 Å². The Bertz CT molecular complexity index is 540. The van der Waals surface area contributed by atoms with Crippen molar-refractivity contribution < 1.29 is 19.0 Å². The number of hydrogen-bond donors (Lipinski definition) is 1. The van der Waals surface area contributed by atoms with Crippen molar-refractivity contribution in [3.05, 3.63) is 35.7 Å². The van der Waals surface area contributed by atoms with E-state index >= 15 is 0 Å². The highest BCUT2D eigenvalue weighted by molar-refractivity contribution is 5.85. The quantitative estimate of drug-likeness (QED) is 0.864. The molecular weight excluding hydrogens is 261 g/mol. The minimum Gasteiger partial charge on any atom is -0.478 e. The van der Waals surface area contributed by atoms with Crippen LogP contribution in [-0.4, -0.2) is 36.4 Å². The Morgan fingerprint density at radius 2 is 2.20 bits per heavy atom. The lowest BCUT2D eigenvalue weighted by Crippen LogP contribution is -2.53. The summed E-state index contributed by atoms with van der Waals surface area (Å²) in [6.07, 6.45) is 2.39. The maximum absolute atomic E-state index is 13.7. The van der Waals surface area contributed by atoms with Gasteiger partial charge < -0.3 is 14.7 Å². The first-order valence-electron chi connectivity index (χ1n) is 6.45. The smallest absolute Gasteiger partial charge is 0.328 e. The van der Waals surface area contributed by atoms with Crippen LogP contribution in [0.1, 0.15) is 19.4 Å². The molecule has 1 N–H and O–H groups in total. The first-order valence-corrected chi connectivity index (χ1v) is 6.45. The van der Waals surface area contributed by atoms with Gasteiger partial charge in [0.25, 0.3) is 0 Å². The predicted octanol–water partition coefficient (Wildman–Crippen LogP) is 2.54. The minimum absolute atomic E-state index is 0.222. The summed E-state index contributed by atoms with van der Waals surface area (Å²) in [7, 11) is 0. The van der Waals surface area contributed by atoms with E-state index in [0.29, 0.717) is 25.3 Å². The molecule has 1 aliphatic heterocycles. The van der Waals surface area contributed by atoms with Gasteiger partial charge in [0, 0.05) is 18.3 Å². The van der Waals surface area contributed by atoms with Gasteiger partial charge in [-0.15, -0.1) is 0 Å². The van der Waals surface area contributed by atoms with E-state index in [2.05, 4.69) is 4.90 Å². The topological polar surface area (TPSA) is 49.8 Å². The van der Waals surface area contributed by atoms with Gasteiger partial charge in [0.2, 0.25) is 0 Å². The lowest BCUT2D eigenvalue weighted by molar-refractivity contribution is -0.131. The van der Waals surface area contributed by atoms with E-state index in [1.807, 2.05) is 13.8 Å². The molecule has 0 radical (unpaired) electrons. The van der Waals surface area contributed by atoms with Gasteiger partial charge in [-0.25, -0.2) is 9.18 Å². The molecule has 0 amide bonds. The van der Waals surface area contributed by atoms with Crippen LogP contribution in [-0.2, 0) is 9.53 Å². The van der Waals surface area contributed by atoms with Gasteiger partial charge >= 0.3 is 5.97 Å². The number of morpholine rings is 1. The summed E-state index contributed by atoms with van der Waals surface area (Å²) in [6, 6.07) is 4.57. The van der Waals surface area contributed by atoms with Crippen LogP contribution < -0.4 is 4.90 Å². The van der Waals surface area contributed by atoms with Gasteiger partial charge in [-0.05, 0) is 43.7 Å². The number of carboxylic acids is 1. The van der Waals surface area contributed by atoms with E-state index < -0.39 is 5.97 Å². The van der Waals surface area contributed by atoms with E-state index in [1.54, 1.807) is 6.07 Å². The maximum atomic E-state index is 13.7. The molecular formula is C15H18FNO3. The number of hydrogen-bond acceptors (Lipinski definition) is 3. The van der Waals surface area contributed by atoms with Crippen molar-refractivity contribution in [2.75, 3.05) is 24.7 Å². The molecule has 0 saturated carbocycles. The van der Waals surface area contributed by atoms with Crippen molar-refractivity contribution in [2.24, 2.45) is 0 Å². The third-order valence-corrected chi connectivity index (χ3v) is 3.28. The highest BCUT2D eigenvalue weighted by Gasteiger charge is 2.30. The lowest BCUT2D eigenvalue weighted by atomic mass is 10.0. The fraction of sp³-hybridized carbons (Fsp3) is 0.400. The van der Waals surface area contributed by atoms with Crippen molar-refractivity contribution in [3.8, 4) is 0 Å². The average molecular weight is 279 g/mol. The van der Waals surface area contributed by atoms with Crippen molar-refractivity contribution in [2.45, 2.75) is 19.4 Å². The molecule has 108 valence electrons. The molecule has 20 heavy (non-hydrogen) atoms. The number of benzene rings is 1.